The predicted molar refractivity (Wildman–Crippen MR) is 83.6 cm³/mol. The van der Waals surface area contributed by atoms with Gasteiger partial charge in [-0.2, -0.15) is 0 Å². The molecule has 2 aliphatic rings. The summed E-state index contributed by atoms with van der Waals surface area (Å²) in [6.07, 6.45) is 12.6. The fraction of sp³-hybridized carbons (Fsp3) is 0.611. The van der Waals surface area contributed by atoms with Crippen LogP contribution in [0.3, 0.4) is 0 Å². The second-order valence-electron chi connectivity index (χ2n) is 6.62. The first-order chi connectivity index (χ1) is 9.71. The molecule has 1 aromatic carbocycles. The Kier molecular flexibility index (Phi) is 3.82. The minimum absolute atomic E-state index is 0.382. The summed E-state index contributed by atoms with van der Waals surface area (Å²) in [5.74, 6) is 0.382. The second-order valence-corrected chi connectivity index (χ2v) is 6.62. The highest BCUT2D eigenvalue weighted by Gasteiger charge is 2.42. The zero-order valence-electron chi connectivity index (χ0n) is 12.4. The first-order valence-corrected chi connectivity index (χ1v) is 8.03. The van der Waals surface area contributed by atoms with Crippen LogP contribution in [0.25, 0.3) is 0 Å². The highest BCUT2D eigenvalue weighted by molar-refractivity contribution is 5.84. The molecule has 2 fully saturated rings. The van der Waals surface area contributed by atoms with Crippen molar-refractivity contribution in [3.05, 3.63) is 29.3 Å². The van der Waals surface area contributed by atoms with Gasteiger partial charge >= 0.3 is 0 Å². The first-order valence-electron chi connectivity index (χ1n) is 8.03. The van der Waals surface area contributed by atoms with Gasteiger partial charge in [0.25, 0.3) is 0 Å². The lowest BCUT2D eigenvalue weighted by molar-refractivity contribution is 0.162. The number of rotatable bonds is 2. The van der Waals surface area contributed by atoms with E-state index in [4.69, 9.17) is 4.99 Å². The lowest BCUT2D eigenvalue weighted by Gasteiger charge is -2.39. The van der Waals surface area contributed by atoms with Crippen molar-refractivity contribution >= 4 is 6.21 Å². The zero-order valence-corrected chi connectivity index (χ0v) is 12.4. The molecule has 1 atom stereocenters. The molecule has 0 bridgehead atoms. The quantitative estimate of drug-likeness (QED) is 0.782. The summed E-state index contributed by atoms with van der Waals surface area (Å²) < 4.78 is 0. The molecular formula is C18H25NO. The molecule has 20 heavy (non-hydrogen) atoms. The number of benzene rings is 1. The number of nitrogens with zero attached hydrogens (tertiary/aromatic N) is 1. The molecule has 1 N–H and O–H groups in total. The first kappa shape index (κ1) is 13.7. The van der Waals surface area contributed by atoms with E-state index in [2.05, 4.69) is 0 Å². The third kappa shape index (κ3) is 2.48. The number of aliphatic imine (C=N–C) groups is 1. The van der Waals surface area contributed by atoms with Gasteiger partial charge in [0.2, 0.25) is 0 Å². The van der Waals surface area contributed by atoms with Crippen molar-refractivity contribution in [1.82, 2.24) is 0 Å². The van der Waals surface area contributed by atoms with Crippen LogP contribution >= 0.6 is 0 Å². The van der Waals surface area contributed by atoms with Crippen molar-refractivity contribution in [1.29, 1.82) is 0 Å². The molecule has 0 aromatic heterocycles. The van der Waals surface area contributed by atoms with Crippen LogP contribution in [-0.4, -0.2) is 17.4 Å². The number of aromatic hydroxyl groups is 1. The van der Waals surface area contributed by atoms with Gasteiger partial charge in [0, 0.05) is 11.8 Å². The van der Waals surface area contributed by atoms with E-state index in [9.17, 15) is 5.11 Å². The van der Waals surface area contributed by atoms with Crippen molar-refractivity contribution in [2.75, 3.05) is 0 Å². The van der Waals surface area contributed by atoms with Crippen molar-refractivity contribution < 1.29 is 5.11 Å². The van der Waals surface area contributed by atoms with Gasteiger partial charge in [-0.15, -0.1) is 0 Å². The van der Waals surface area contributed by atoms with Gasteiger partial charge in [-0.1, -0.05) is 37.8 Å². The van der Waals surface area contributed by atoms with Crippen molar-refractivity contribution in [3.8, 4) is 5.75 Å². The van der Waals surface area contributed by atoms with Crippen molar-refractivity contribution in [2.24, 2.45) is 10.4 Å². The predicted octanol–water partition coefficient (Wildman–Crippen LogP) is 4.62. The summed E-state index contributed by atoms with van der Waals surface area (Å²) in [4.78, 5) is 4.91. The topological polar surface area (TPSA) is 32.6 Å². The van der Waals surface area contributed by atoms with E-state index in [1.807, 2.05) is 31.3 Å². The third-order valence-electron chi connectivity index (χ3n) is 5.37. The molecule has 0 aliphatic heterocycles. The Morgan fingerprint density at radius 2 is 1.85 bits per heavy atom. The fourth-order valence-electron chi connectivity index (χ4n) is 4.14. The number of phenolic OH excluding ortho intramolecular Hbond substituents is 1. The van der Waals surface area contributed by atoms with Crippen LogP contribution < -0.4 is 0 Å². The van der Waals surface area contributed by atoms with Crippen LogP contribution in [0.2, 0.25) is 0 Å². The maximum absolute atomic E-state index is 10.1. The summed E-state index contributed by atoms with van der Waals surface area (Å²) in [5, 5.41) is 10.1. The summed E-state index contributed by atoms with van der Waals surface area (Å²) in [6.45, 7) is 1.94. The smallest absolute Gasteiger partial charge is 0.127 e. The molecule has 108 valence electrons. The molecule has 2 heteroatoms. The Balaban J connectivity index is 1.81. The molecule has 3 rings (SSSR count). The number of hydrogen-bond donors (Lipinski definition) is 1. The van der Waals surface area contributed by atoms with Gasteiger partial charge in [0.1, 0.15) is 5.75 Å². The Morgan fingerprint density at radius 1 is 1.15 bits per heavy atom. The van der Waals surface area contributed by atoms with Gasteiger partial charge in [0.05, 0.1) is 6.04 Å². The van der Waals surface area contributed by atoms with Gasteiger partial charge in [-0.25, -0.2) is 0 Å². The van der Waals surface area contributed by atoms with Gasteiger partial charge < -0.3 is 5.11 Å². The van der Waals surface area contributed by atoms with Crippen LogP contribution in [-0.2, 0) is 0 Å². The summed E-state index contributed by atoms with van der Waals surface area (Å²) in [5.41, 5.74) is 2.27. The Labute approximate surface area is 121 Å². The Morgan fingerprint density at radius 3 is 2.60 bits per heavy atom. The maximum Gasteiger partial charge on any atom is 0.127 e. The number of hydrogen-bond acceptors (Lipinski definition) is 2. The summed E-state index contributed by atoms with van der Waals surface area (Å²) >= 11 is 0. The number of aryl methyl sites for hydroxylation is 1. The van der Waals surface area contributed by atoms with E-state index in [1.54, 1.807) is 0 Å². The average molecular weight is 271 g/mol. The molecule has 1 spiro atoms. The van der Waals surface area contributed by atoms with Crippen LogP contribution in [0.15, 0.2) is 23.2 Å². The van der Waals surface area contributed by atoms with E-state index in [-0.39, 0.29) is 0 Å². The lowest BCUT2D eigenvalue weighted by Crippen LogP contribution is -2.34. The van der Waals surface area contributed by atoms with Gasteiger partial charge in [-0.05, 0) is 49.7 Å². The van der Waals surface area contributed by atoms with Crippen molar-refractivity contribution in [2.45, 2.75) is 64.3 Å². The second kappa shape index (κ2) is 5.59. The minimum Gasteiger partial charge on any atom is -0.507 e. The third-order valence-corrected chi connectivity index (χ3v) is 5.37. The molecule has 0 radical (unpaired) electrons. The molecule has 1 unspecified atom stereocenters. The van der Waals surface area contributed by atoms with E-state index in [0.717, 1.165) is 11.1 Å². The highest BCUT2D eigenvalue weighted by Crippen LogP contribution is 2.50. The van der Waals surface area contributed by atoms with Crippen molar-refractivity contribution in [3.63, 3.8) is 0 Å². The fourth-order valence-corrected chi connectivity index (χ4v) is 4.14. The molecular weight excluding hydrogens is 246 g/mol. The van der Waals surface area contributed by atoms with Crippen LogP contribution in [0.1, 0.15) is 62.5 Å². The van der Waals surface area contributed by atoms with Crippen LogP contribution in [0, 0.1) is 12.3 Å². The molecule has 0 amide bonds. The minimum atomic E-state index is 0.382. The van der Waals surface area contributed by atoms with Gasteiger partial charge in [-0.3, -0.25) is 4.99 Å². The number of phenols is 1. The molecule has 0 saturated heterocycles. The maximum atomic E-state index is 10.1. The van der Waals surface area contributed by atoms with Crippen LogP contribution in [0.4, 0.5) is 0 Å². The van der Waals surface area contributed by atoms with Crippen LogP contribution in [0.5, 0.6) is 5.75 Å². The van der Waals surface area contributed by atoms with E-state index in [0.29, 0.717) is 17.2 Å². The molecule has 2 nitrogen and oxygen atoms in total. The summed E-state index contributed by atoms with van der Waals surface area (Å²) in [6, 6.07) is 6.35. The molecule has 0 heterocycles. The standard InChI is InChI=1S/C18H25NO/c1-14-7-6-8-15(17(14)20)13-19-16-9-2-3-10-18(16)11-4-5-12-18/h6-8,13,16,20H,2-5,9-12H2,1H3. The Hall–Kier alpha value is -1.31. The lowest BCUT2D eigenvalue weighted by atomic mass is 9.69. The largest absolute Gasteiger partial charge is 0.507 e. The van der Waals surface area contributed by atoms with E-state index in [1.165, 1.54) is 51.4 Å². The average Bonchev–Trinajstić information content (AvgIpc) is 2.91. The highest BCUT2D eigenvalue weighted by atomic mass is 16.3. The Bertz CT molecular complexity index is 500. The monoisotopic (exact) mass is 271 g/mol. The zero-order chi connectivity index (χ0) is 14.0. The molecule has 1 aromatic rings. The normalized spacial score (nSPS) is 25.6. The van der Waals surface area contributed by atoms with E-state index < -0.39 is 0 Å². The van der Waals surface area contributed by atoms with Gasteiger partial charge in [0.15, 0.2) is 0 Å². The van der Waals surface area contributed by atoms with E-state index >= 15 is 0 Å². The SMILES string of the molecule is Cc1cccc(C=NC2CCCCC23CCCC3)c1O. The molecule has 2 saturated carbocycles. The number of para-hydroxylation sites is 1. The summed E-state index contributed by atoms with van der Waals surface area (Å²) in [7, 11) is 0. The molecule has 2 aliphatic carbocycles.